The summed E-state index contributed by atoms with van der Waals surface area (Å²) in [6, 6.07) is 21.2. The topological polar surface area (TPSA) is 49.4 Å². The lowest BCUT2D eigenvalue weighted by atomic mass is 10.0. The number of hydrogen-bond acceptors (Lipinski definition) is 2. The van der Waals surface area contributed by atoms with Gasteiger partial charge in [0.2, 0.25) is 5.91 Å². The number of hydrogen-bond donors (Lipinski definition) is 1. The minimum Gasteiger partial charge on any atom is -0.340 e. The molecule has 1 atom stereocenters. The van der Waals surface area contributed by atoms with E-state index in [4.69, 9.17) is 11.6 Å². The predicted molar refractivity (Wildman–Crippen MR) is 116 cm³/mol. The quantitative estimate of drug-likeness (QED) is 0.608. The molecule has 1 unspecified atom stereocenters. The van der Waals surface area contributed by atoms with Crippen molar-refractivity contribution in [3.8, 4) is 0 Å². The molecule has 0 radical (unpaired) electrons. The molecular formula is C24H22ClFN2O2. The molecular weight excluding hydrogens is 403 g/mol. The van der Waals surface area contributed by atoms with Gasteiger partial charge in [-0.25, -0.2) is 4.39 Å². The number of carbonyl (C=O) groups excluding carboxylic acids is 2. The Bertz CT molecular complexity index is 992. The lowest BCUT2D eigenvalue weighted by Crippen LogP contribution is -2.48. The lowest BCUT2D eigenvalue weighted by Gasteiger charge is -2.25. The molecule has 154 valence electrons. The molecule has 0 spiro atoms. The van der Waals surface area contributed by atoms with Gasteiger partial charge in [-0.2, -0.15) is 0 Å². The number of halogens is 2. The maximum absolute atomic E-state index is 13.2. The Balaban J connectivity index is 1.76. The van der Waals surface area contributed by atoms with E-state index in [1.807, 2.05) is 30.3 Å². The molecule has 3 aromatic carbocycles. The number of nitrogens with zero attached hydrogens (tertiary/aromatic N) is 1. The van der Waals surface area contributed by atoms with Crippen molar-refractivity contribution in [3.63, 3.8) is 0 Å². The Labute approximate surface area is 180 Å². The molecule has 30 heavy (non-hydrogen) atoms. The molecule has 0 saturated carbocycles. The largest absolute Gasteiger partial charge is 0.340 e. The first-order valence-corrected chi connectivity index (χ1v) is 9.90. The third-order valence-electron chi connectivity index (χ3n) is 4.70. The fourth-order valence-corrected chi connectivity index (χ4v) is 3.23. The van der Waals surface area contributed by atoms with Crippen molar-refractivity contribution in [3.05, 3.63) is 106 Å². The van der Waals surface area contributed by atoms with Crippen LogP contribution in [-0.2, 0) is 17.8 Å². The molecule has 0 aliphatic carbocycles. The summed E-state index contributed by atoms with van der Waals surface area (Å²) in [5.41, 5.74) is 2.16. The van der Waals surface area contributed by atoms with Gasteiger partial charge in [0.25, 0.3) is 5.91 Å². The Morgan fingerprint density at radius 2 is 1.57 bits per heavy atom. The average molecular weight is 425 g/mol. The zero-order valence-electron chi connectivity index (χ0n) is 16.5. The van der Waals surface area contributed by atoms with Gasteiger partial charge in [0, 0.05) is 30.6 Å². The molecule has 0 heterocycles. The Morgan fingerprint density at radius 3 is 2.20 bits per heavy atom. The molecule has 0 aromatic heterocycles. The molecule has 0 bridgehead atoms. The van der Waals surface area contributed by atoms with Crippen LogP contribution in [0.2, 0.25) is 5.02 Å². The van der Waals surface area contributed by atoms with Crippen molar-refractivity contribution >= 4 is 23.4 Å². The highest BCUT2D eigenvalue weighted by Gasteiger charge is 2.25. The first kappa shape index (κ1) is 21.5. The minimum absolute atomic E-state index is 0.231. The first-order chi connectivity index (χ1) is 14.4. The number of carbonyl (C=O) groups is 2. The van der Waals surface area contributed by atoms with Crippen LogP contribution in [0.3, 0.4) is 0 Å². The minimum atomic E-state index is -0.749. The van der Waals surface area contributed by atoms with Crippen LogP contribution < -0.4 is 5.32 Å². The Hall–Kier alpha value is -3.18. The van der Waals surface area contributed by atoms with Crippen LogP contribution in [-0.4, -0.2) is 29.8 Å². The van der Waals surface area contributed by atoms with E-state index in [2.05, 4.69) is 5.32 Å². The number of rotatable bonds is 7. The predicted octanol–water partition coefficient (Wildman–Crippen LogP) is 4.48. The van der Waals surface area contributed by atoms with E-state index >= 15 is 0 Å². The normalized spacial score (nSPS) is 11.6. The van der Waals surface area contributed by atoms with Gasteiger partial charge in [0.15, 0.2) is 0 Å². The summed E-state index contributed by atoms with van der Waals surface area (Å²) in [4.78, 5) is 27.4. The van der Waals surface area contributed by atoms with Crippen molar-refractivity contribution in [2.75, 3.05) is 7.05 Å². The molecule has 4 nitrogen and oxygen atoms in total. The number of nitrogens with one attached hydrogen (secondary N) is 1. The summed E-state index contributed by atoms with van der Waals surface area (Å²) in [6.45, 7) is 0.307. The SMILES string of the molecule is CN(Cc1ccc(F)cc1)C(=O)C(Cc1ccccc1)NC(=O)c1ccc(Cl)cc1. The number of benzene rings is 3. The highest BCUT2D eigenvalue weighted by atomic mass is 35.5. The van der Waals surface area contributed by atoms with Crippen LogP contribution in [0.4, 0.5) is 4.39 Å². The smallest absolute Gasteiger partial charge is 0.251 e. The second-order valence-electron chi connectivity index (χ2n) is 7.04. The van der Waals surface area contributed by atoms with Gasteiger partial charge < -0.3 is 10.2 Å². The summed E-state index contributed by atoms with van der Waals surface area (Å²) in [6.07, 6.45) is 0.354. The van der Waals surface area contributed by atoms with E-state index in [1.165, 1.54) is 17.0 Å². The number of amides is 2. The third kappa shape index (κ3) is 5.91. The van der Waals surface area contributed by atoms with Crippen LogP contribution in [0.15, 0.2) is 78.9 Å². The summed E-state index contributed by atoms with van der Waals surface area (Å²) >= 11 is 5.89. The Kier molecular flexibility index (Phi) is 7.20. The van der Waals surface area contributed by atoms with Crippen LogP contribution in [0.25, 0.3) is 0 Å². The molecule has 0 aliphatic heterocycles. The fraction of sp³-hybridized carbons (Fsp3) is 0.167. The maximum Gasteiger partial charge on any atom is 0.251 e. The first-order valence-electron chi connectivity index (χ1n) is 9.52. The second kappa shape index (κ2) is 10.0. The molecule has 6 heteroatoms. The summed E-state index contributed by atoms with van der Waals surface area (Å²) in [5, 5.41) is 3.37. The highest BCUT2D eigenvalue weighted by Crippen LogP contribution is 2.12. The molecule has 3 rings (SSSR count). The van der Waals surface area contributed by atoms with Gasteiger partial charge in [0.05, 0.1) is 0 Å². The van der Waals surface area contributed by atoms with E-state index in [9.17, 15) is 14.0 Å². The maximum atomic E-state index is 13.2. The van der Waals surface area contributed by atoms with Gasteiger partial charge in [-0.1, -0.05) is 54.1 Å². The molecule has 0 aliphatic rings. The van der Waals surface area contributed by atoms with E-state index in [1.54, 1.807) is 43.4 Å². The molecule has 3 aromatic rings. The van der Waals surface area contributed by atoms with E-state index < -0.39 is 6.04 Å². The third-order valence-corrected chi connectivity index (χ3v) is 4.95. The van der Waals surface area contributed by atoms with Gasteiger partial charge >= 0.3 is 0 Å². The zero-order chi connectivity index (χ0) is 21.5. The van der Waals surface area contributed by atoms with Crippen LogP contribution >= 0.6 is 11.6 Å². The van der Waals surface area contributed by atoms with E-state index in [0.717, 1.165) is 11.1 Å². The van der Waals surface area contributed by atoms with Crippen molar-refractivity contribution in [1.29, 1.82) is 0 Å². The summed E-state index contributed by atoms with van der Waals surface area (Å²) in [5.74, 6) is -0.911. The summed E-state index contributed by atoms with van der Waals surface area (Å²) < 4.78 is 13.1. The lowest BCUT2D eigenvalue weighted by molar-refractivity contribution is -0.132. The van der Waals surface area contributed by atoms with Gasteiger partial charge in [0.1, 0.15) is 11.9 Å². The second-order valence-corrected chi connectivity index (χ2v) is 7.48. The van der Waals surface area contributed by atoms with E-state index in [-0.39, 0.29) is 17.6 Å². The zero-order valence-corrected chi connectivity index (χ0v) is 17.3. The molecule has 1 N–H and O–H groups in total. The average Bonchev–Trinajstić information content (AvgIpc) is 2.75. The van der Waals surface area contributed by atoms with Crippen LogP contribution in [0.5, 0.6) is 0 Å². The Morgan fingerprint density at radius 1 is 0.933 bits per heavy atom. The number of likely N-dealkylation sites (N-methyl/N-ethyl adjacent to an activating group) is 1. The van der Waals surface area contributed by atoms with Crippen LogP contribution in [0.1, 0.15) is 21.5 Å². The van der Waals surface area contributed by atoms with Crippen molar-refractivity contribution in [2.24, 2.45) is 0 Å². The fourth-order valence-electron chi connectivity index (χ4n) is 3.10. The monoisotopic (exact) mass is 424 g/mol. The van der Waals surface area contributed by atoms with Crippen LogP contribution in [0, 0.1) is 5.82 Å². The molecule has 2 amide bonds. The standard InChI is InChI=1S/C24H22ClFN2O2/c1-28(16-18-7-13-21(26)14-8-18)24(30)22(15-17-5-3-2-4-6-17)27-23(29)19-9-11-20(25)12-10-19/h2-14,22H,15-16H2,1H3,(H,27,29). The highest BCUT2D eigenvalue weighted by molar-refractivity contribution is 6.30. The summed E-state index contributed by atoms with van der Waals surface area (Å²) in [7, 11) is 1.66. The van der Waals surface area contributed by atoms with Gasteiger partial charge in [-0.05, 0) is 47.5 Å². The van der Waals surface area contributed by atoms with Gasteiger partial charge in [-0.3, -0.25) is 9.59 Å². The van der Waals surface area contributed by atoms with Crippen molar-refractivity contribution in [2.45, 2.75) is 19.0 Å². The van der Waals surface area contributed by atoms with Crippen molar-refractivity contribution in [1.82, 2.24) is 10.2 Å². The molecule has 0 saturated heterocycles. The molecule has 0 fully saturated rings. The van der Waals surface area contributed by atoms with Gasteiger partial charge in [-0.15, -0.1) is 0 Å². The van der Waals surface area contributed by atoms with Crippen molar-refractivity contribution < 1.29 is 14.0 Å². The van der Waals surface area contributed by atoms with E-state index in [0.29, 0.717) is 23.6 Å².